The van der Waals surface area contributed by atoms with Crippen LogP contribution in [-0.2, 0) is 11.2 Å². The second kappa shape index (κ2) is 5.05. The highest BCUT2D eigenvalue weighted by Crippen LogP contribution is 2.21. The molecule has 3 aromatic rings. The summed E-state index contributed by atoms with van der Waals surface area (Å²) in [7, 11) is 0. The molecule has 0 bridgehead atoms. The van der Waals surface area contributed by atoms with Gasteiger partial charge in [0.25, 0.3) is 0 Å². The van der Waals surface area contributed by atoms with Gasteiger partial charge in [0.05, 0.1) is 6.42 Å². The molecule has 0 fully saturated rings. The number of nitrogens with zero attached hydrogens (tertiary/aromatic N) is 3. The maximum absolute atomic E-state index is 10.6. The zero-order chi connectivity index (χ0) is 13.9. The summed E-state index contributed by atoms with van der Waals surface area (Å²) in [5, 5.41) is 8.75. The van der Waals surface area contributed by atoms with Crippen molar-refractivity contribution in [2.75, 3.05) is 0 Å². The molecule has 0 saturated carbocycles. The van der Waals surface area contributed by atoms with Crippen molar-refractivity contribution in [1.29, 1.82) is 0 Å². The zero-order valence-electron chi connectivity index (χ0n) is 10.5. The molecule has 0 aliphatic rings. The number of hydrogen-bond donors (Lipinski definition) is 1. The lowest BCUT2D eigenvalue weighted by Gasteiger charge is -2.04. The van der Waals surface area contributed by atoms with Crippen LogP contribution in [0.5, 0.6) is 0 Å². The molecule has 1 aromatic carbocycles. The van der Waals surface area contributed by atoms with Gasteiger partial charge in [-0.3, -0.25) is 9.78 Å². The third-order valence-electron chi connectivity index (χ3n) is 2.97. The molecular weight excluding hydrogens is 254 g/mol. The highest BCUT2D eigenvalue weighted by molar-refractivity contribution is 5.77. The van der Waals surface area contributed by atoms with Gasteiger partial charge in [-0.05, 0) is 17.2 Å². The maximum atomic E-state index is 10.6. The predicted molar refractivity (Wildman–Crippen MR) is 74.1 cm³/mol. The Bertz CT molecular complexity index is 769. The molecule has 0 spiro atoms. The van der Waals surface area contributed by atoms with Crippen LogP contribution in [0.4, 0.5) is 0 Å². The molecule has 3 rings (SSSR count). The van der Waals surface area contributed by atoms with Gasteiger partial charge in [0.2, 0.25) is 0 Å². The summed E-state index contributed by atoms with van der Waals surface area (Å²) in [5.41, 5.74) is 4.02. The van der Waals surface area contributed by atoms with E-state index in [1.807, 2.05) is 30.3 Å². The van der Waals surface area contributed by atoms with Crippen LogP contribution in [-0.4, -0.2) is 26.0 Å². The van der Waals surface area contributed by atoms with E-state index in [0.29, 0.717) is 5.65 Å². The van der Waals surface area contributed by atoms with Crippen molar-refractivity contribution in [2.24, 2.45) is 0 Å². The van der Waals surface area contributed by atoms with E-state index in [0.717, 1.165) is 22.2 Å². The van der Waals surface area contributed by atoms with E-state index >= 15 is 0 Å². The number of hydrogen-bond acceptors (Lipinski definition) is 4. The van der Waals surface area contributed by atoms with Crippen LogP contribution in [0.15, 0.2) is 48.9 Å². The second-order valence-corrected chi connectivity index (χ2v) is 4.39. The zero-order valence-corrected chi connectivity index (χ0v) is 10.5. The molecule has 0 amide bonds. The highest BCUT2D eigenvalue weighted by Gasteiger charge is 2.04. The Morgan fingerprint density at radius 1 is 1.00 bits per heavy atom. The van der Waals surface area contributed by atoms with Crippen LogP contribution in [0.2, 0.25) is 0 Å². The highest BCUT2D eigenvalue weighted by atomic mass is 16.4. The van der Waals surface area contributed by atoms with Crippen molar-refractivity contribution in [3.63, 3.8) is 0 Å². The van der Waals surface area contributed by atoms with E-state index in [9.17, 15) is 4.79 Å². The lowest BCUT2D eigenvalue weighted by molar-refractivity contribution is -0.136. The van der Waals surface area contributed by atoms with Gasteiger partial charge in [0.1, 0.15) is 5.52 Å². The first-order chi connectivity index (χ1) is 9.72. The van der Waals surface area contributed by atoms with Gasteiger partial charge >= 0.3 is 5.97 Å². The fourth-order valence-corrected chi connectivity index (χ4v) is 2.01. The molecule has 0 saturated heterocycles. The minimum atomic E-state index is -0.833. The standard InChI is InChI=1S/C15H11N3O2/c19-14(20)7-10-1-3-11(4-2-10)12-8-13-15(18-9-12)17-6-5-16-13/h1-6,8-9H,7H2,(H,19,20). The van der Waals surface area contributed by atoms with Gasteiger partial charge in [0.15, 0.2) is 5.65 Å². The lowest BCUT2D eigenvalue weighted by atomic mass is 10.0. The third-order valence-corrected chi connectivity index (χ3v) is 2.97. The Balaban J connectivity index is 1.96. The van der Waals surface area contributed by atoms with E-state index in [2.05, 4.69) is 15.0 Å². The number of aliphatic carboxylic acids is 1. The Hall–Kier alpha value is -2.82. The molecule has 0 aliphatic carbocycles. The molecule has 20 heavy (non-hydrogen) atoms. The molecule has 2 heterocycles. The van der Waals surface area contributed by atoms with Crippen molar-refractivity contribution in [3.8, 4) is 11.1 Å². The number of pyridine rings is 1. The monoisotopic (exact) mass is 265 g/mol. The van der Waals surface area contributed by atoms with Gasteiger partial charge < -0.3 is 5.11 Å². The number of aromatic nitrogens is 3. The summed E-state index contributed by atoms with van der Waals surface area (Å²) in [6.45, 7) is 0. The number of rotatable bonds is 3. The van der Waals surface area contributed by atoms with Crippen LogP contribution in [0.3, 0.4) is 0 Å². The SMILES string of the molecule is O=C(O)Cc1ccc(-c2cnc3nccnc3c2)cc1. The Morgan fingerprint density at radius 3 is 2.50 bits per heavy atom. The van der Waals surface area contributed by atoms with Gasteiger partial charge in [-0.25, -0.2) is 9.97 Å². The van der Waals surface area contributed by atoms with Crippen LogP contribution in [0.25, 0.3) is 22.3 Å². The first-order valence-corrected chi connectivity index (χ1v) is 6.10. The van der Waals surface area contributed by atoms with E-state index < -0.39 is 5.97 Å². The van der Waals surface area contributed by atoms with Crippen LogP contribution >= 0.6 is 0 Å². The molecule has 0 atom stereocenters. The molecule has 98 valence electrons. The fraction of sp³-hybridized carbons (Fsp3) is 0.0667. The first kappa shape index (κ1) is 12.2. The molecule has 0 unspecified atom stereocenters. The molecule has 5 heteroatoms. The molecule has 2 aromatic heterocycles. The fourth-order valence-electron chi connectivity index (χ4n) is 2.01. The van der Waals surface area contributed by atoms with E-state index in [1.54, 1.807) is 18.6 Å². The van der Waals surface area contributed by atoms with Crippen LogP contribution < -0.4 is 0 Å². The van der Waals surface area contributed by atoms with Crippen molar-refractivity contribution < 1.29 is 9.90 Å². The molecule has 0 aliphatic heterocycles. The minimum absolute atomic E-state index is 0.0295. The smallest absolute Gasteiger partial charge is 0.307 e. The Morgan fingerprint density at radius 2 is 1.75 bits per heavy atom. The van der Waals surface area contributed by atoms with Crippen LogP contribution in [0.1, 0.15) is 5.56 Å². The minimum Gasteiger partial charge on any atom is -0.481 e. The van der Waals surface area contributed by atoms with Crippen molar-refractivity contribution >= 4 is 17.1 Å². The van der Waals surface area contributed by atoms with Crippen molar-refractivity contribution in [3.05, 3.63) is 54.5 Å². The van der Waals surface area contributed by atoms with Crippen LogP contribution in [0, 0.1) is 0 Å². The van der Waals surface area contributed by atoms with E-state index in [4.69, 9.17) is 5.11 Å². The molecule has 1 N–H and O–H groups in total. The first-order valence-electron chi connectivity index (χ1n) is 6.10. The summed E-state index contributed by atoms with van der Waals surface area (Å²) >= 11 is 0. The quantitative estimate of drug-likeness (QED) is 0.786. The average Bonchev–Trinajstić information content (AvgIpc) is 2.47. The summed E-state index contributed by atoms with van der Waals surface area (Å²) in [4.78, 5) is 23.3. The van der Waals surface area contributed by atoms with E-state index in [1.165, 1.54) is 0 Å². The number of carbonyl (C=O) groups is 1. The van der Waals surface area contributed by atoms with E-state index in [-0.39, 0.29) is 6.42 Å². The summed E-state index contributed by atoms with van der Waals surface area (Å²) in [6.07, 6.45) is 5.00. The number of fused-ring (bicyclic) bond motifs is 1. The van der Waals surface area contributed by atoms with Gasteiger partial charge in [-0.15, -0.1) is 0 Å². The summed E-state index contributed by atoms with van der Waals surface area (Å²) in [6, 6.07) is 9.31. The van der Waals surface area contributed by atoms with Crippen molar-refractivity contribution in [1.82, 2.24) is 15.0 Å². The number of carboxylic acid groups (broad SMARTS) is 1. The van der Waals surface area contributed by atoms with Crippen molar-refractivity contribution in [2.45, 2.75) is 6.42 Å². The van der Waals surface area contributed by atoms with Gasteiger partial charge in [-0.2, -0.15) is 0 Å². The number of carboxylic acids is 1. The molecular formula is C15H11N3O2. The van der Waals surface area contributed by atoms with Gasteiger partial charge in [0, 0.05) is 24.2 Å². The Kier molecular flexibility index (Phi) is 3.09. The number of benzene rings is 1. The molecule has 0 radical (unpaired) electrons. The summed E-state index contributed by atoms with van der Waals surface area (Å²) < 4.78 is 0. The lowest BCUT2D eigenvalue weighted by Crippen LogP contribution is -1.99. The largest absolute Gasteiger partial charge is 0.481 e. The molecule has 5 nitrogen and oxygen atoms in total. The topological polar surface area (TPSA) is 76.0 Å². The second-order valence-electron chi connectivity index (χ2n) is 4.39. The Labute approximate surface area is 115 Å². The van der Waals surface area contributed by atoms with Gasteiger partial charge in [-0.1, -0.05) is 24.3 Å². The average molecular weight is 265 g/mol. The third kappa shape index (κ3) is 2.47. The summed E-state index contributed by atoms with van der Waals surface area (Å²) in [5.74, 6) is -0.833. The normalized spacial score (nSPS) is 10.6. The predicted octanol–water partition coefficient (Wildman–Crippen LogP) is 2.32. The maximum Gasteiger partial charge on any atom is 0.307 e.